The van der Waals surface area contributed by atoms with Crippen LogP contribution in [0.5, 0.6) is 34.5 Å². The lowest BCUT2D eigenvalue weighted by atomic mass is 9.96. The quantitative estimate of drug-likeness (QED) is 0.336. The van der Waals surface area contributed by atoms with E-state index in [-0.39, 0.29) is 35.0 Å². The molecule has 1 aliphatic rings. The number of benzene rings is 2. The van der Waals surface area contributed by atoms with E-state index < -0.39 is 29.2 Å². The first kappa shape index (κ1) is 20.7. The summed E-state index contributed by atoms with van der Waals surface area (Å²) in [6.07, 6.45) is 1.49. The molecule has 0 atom stereocenters. The van der Waals surface area contributed by atoms with E-state index in [4.69, 9.17) is 18.9 Å². The second kappa shape index (κ2) is 8.16. The molecule has 0 saturated heterocycles. The molecule has 3 rings (SSSR count). The highest BCUT2D eigenvalue weighted by Crippen LogP contribution is 2.46. The Morgan fingerprint density at radius 3 is 2.30 bits per heavy atom. The summed E-state index contributed by atoms with van der Waals surface area (Å²) in [6.45, 7) is 2.24. The van der Waals surface area contributed by atoms with Crippen molar-refractivity contribution in [2.75, 3.05) is 13.7 Å². The van der Waals surface area contributed by atoms with E-state index in [9.17, 15) is 24.6 Å². The molecule has 30 heavy (non-hydrogen) atoms. The molecule has 0 aromatic heterocycles. The maximum Gasteiger partial charge on any atom is 0.308 e. The molecule has 2 aromatic carbocycles. The number of phenols is 2. The van der Waals surface area contributed by atoms with Crippen molar-refractivity contribution in [1.82, 2.24) is 0 Å². The van der Waals surface area contributed by atoms with Gasteiger partial charge in [0.1, 0.15) is 17.9 Å². The van der Waals surface area contributed by atoms with E-state index in [1.807, 2.05) is 0 Å². The van der Waals surface area contributed by atoms with E-state index >= 15 is 0 Å². The lowest BCUT2D eigenvalue weighted by molar-refractivity contribution is -0.132. The van der Waals surface area contributed by atoms with Crippen molar-refractivity contribution in [2.45, 2.75) is 13.8 Å². The average molecular weight is 414 g/mol. The molecule has 0 aliphatic carbocycles. The topological polar surface area (TPSA) is 129 Å². The minimum Gasteiger partial charge on any atom is -0.504 e. The Morgan fingerprint density at radius 2 is 1.67 bits per heavy atom. The van der Waals surface area contributed by atoms with Crippen molar-refractivity contribution in [3.8, 4) is 34.5 Å². The smallest absolute Gasteiger partial charge is 0.308 e. The standard InChI is InChI=1S/C21H18O9/c1-10(22)29-15-7-12(4-5-14(15)27-3)6-13-9-28-16-8-17(30-11(2)23)20(25)21(26)18(16)19(13)24/h4-8,25-26H,9H2,1-3H3/b13-6+. The summed E-state index contributed by atoms with van der Waals surface area (Å²) in [6, 6.07) is 5.88. The van der Waals surface area contributed by atoms with Gasteiger partial charge in [0.25, 0.3) is 0 Å². The Bertz CT molecular complexity index is 1080. The lowest BCUT2D eigenvalue weighted by Gasteiger charge is -2.21. The van der Waals surface area contributed by atoms with Crippen molar-refractivity contribution in [1.29, 1.82) is 0 Å². The summed E-state index contributed by atoms with van der Waals surface area (Å²) in [7, 11) is 1.43. The number of aromatic hydroxyl groups is 2. The number of carbonyl (C=O) groups excluding carboxylic acids is 3. The molecule has 9 heteroatoms. The van der Waals surface area contributed by atoms with Gasteiger partial charge in [-0.3, -0.25) is 14.4 Å². The molecule has 1 aliphatic heterocycles. The molecular weight excluding hydrogens is 396 g/mol. The fraction of sp³-hybridized carbons (Fsp3) is 0.190. The molecule has 0 amide bonds. The lowest BCUT2D eigenvalue weighted by Crippen LogP contribution is -2.19. The molecule has 0 unspecified atom stereocenters. The van der Waals surface area contributed by atoms with Crippen LogP contribution in [0.3, 0.4) is 0 Å². The molecule has 2 aromatic rings. The third-order valence-corrected chi connectivity index (χ3v) is 4.14. The van der Waals surface area contributed by atoms with Crippen molar-refractivity contribution >= 4 is 23.8 Å². The second-order valence-corrected chi connectivity index (χ2v) is 6.33. The maximum atomic E-state index is 12.9. The summed E-state index contributed by atoms with van der Waals surface area (Å²) in [4.78, 5) is 35.3. The summed E-state index contributed by atoms with van der Waals surface area (Å²) in [5, 5.41) is 20.3. The van der Waals surface area contributed by atoms with Gasteiger partial charge >= 0.3 is 11.9 Å². The second-order valence-electron chi connectivity index (χ2n) is 6.33. The number of Topliss-reactive ketones (excluding diaryl/α,β-unsaturated/α-hetero) is 1. The van der Waals surface area contributed by atoms with Crippen LogP contribution in [0.15, 0.2) is 29.8 Å². The van der Waals surface area contributed by atoms with Gasteiger partial charge in [0.15, 0.2) is 28.8 Å². The van der Waals surface area contributed by atoms with Gasteiger partial charge in [-0.15, -0.1) is 0 Å². The van der Waals surface area contributed by atoms with Crippen molar-refractivity contribution in [2.24, 2.45) is 0 Å². The number of hydrogen-bond donors (Lipinski definition) is 2. The number of esters is 2. The number of carbonyl (C=O) groups is 3. The largest absolute Gasteiger partial charge is 0.504 e. The zero-order valence-corrected chi connectivity index (χ0v) is 16.3. The molecule has 0 spiro atoms. The first-order valence-corrected chi connectivity index (χ1v) is 8.73. The summed E-state index contributed by atoms with van der Waals surface area (Å²) in [5.41, 5.74) is 0.439. The Kier molecular flexibility index (Phi) is 5.63. The third-order valence-electron chi connectivity index (χ3n) is 4.14. The van der Waals surface area contributed by atoms with Crippen LogP contribution in [0.25, 0.3) is 6.08 Å². The van der Waals surface area contributed by atoms with Crippen molar-refractivity contribution < 1.29 is 43.5 Å². The summed E-state index contributed by atoms with van der Waals surface area (Å²) < 4.78 is 20.6. The minimum absolute atomic E-state index is 0.0287. The number of ketones is 1. The fourth-order valence-electron chi connectivity index (χ4n) is 2.88. The normalized spacial score (nSPS) is 14.0. The Balaban J connectivity index is 1.99. The van der Waals surface area contributed by atoms with E-state index in [1.165, 1.54) is 26.2 Å². The SMILES string of the molecule is COc1ccc(/C=C2\COc3cc(OC(C)=O)c(O)c(O)c3C2=O)cc1OC(C)=O. The van der Waals surface area contributed by atoms with Crippen LogP contribution < -0.4 is 18.9 Å². The van der Waals surface area contributed by atoms with Crippen LogP contribution in [0.2, 0.25) is 0 Å². The number of rotatable bonds is 4. The molecule has 0 fully saturated rings. The fourth-order valence-corrected chi connectivity index (χ4v) is 2.88. The summed E-state index contributed by atoms with van der Waals surface area (Å²) in [5.74, 6) is -3.16. The molecule has 2 N–H and O–H groups in total. The number of ether oxygens (including phenoxy) is 4. The molecule has 0 radical (unpaired) electrons. The zero-order chi connectivity index (χ0) is 22.0. The van der Waals surface area contributed by atoms with E-state index in [0.29, 0.717) is 11.3 Å². The van der Waals surface area contributed by atoms with Gasteiger partial charge in [-0.1, -0.05) is 6.07 Å². The Morgan fingerprint density at radius 1 is 1.00 bits per heavy atom. The van der Waals surface area contributed by atoms with Crippen molar-refractivity contribution in [3.05, 3.63) is 41.0 Å². The Labute approximate surface area is 171 Å². The molecule has 1 heterocycles. The number of phenolic OH excluding ortho intramolecular Hbond substituents is 2. The predicted molar refractivity (Wildman–Crippen MR) is 103 cm³/mol. The minimum atomic E-state index is -0.755. The van der Waals surface area contributed by atoms with Gasteiger partial charge in [0.05, 0.1) is 7.11 Å². The van der Waals surface area contributed by atoms with Crippen LogP contribution in [-0.4, -0.2) is 41.7 Å². The third kappa shape index (κ3) is 4.04. The first-order chi connectivity index (χ1) is 14.2. The predicted octanol–water partition coefficient (Wildman–Crippen LogP) is 2.62. The Hall–Kier alpha value is -4.01. The van der Waals surface area contributed by atoms with Crippen LogP contribution in [0.1, 0.15) is 29.8 Å². The highest BCUT2D eigenvalue weighted by atomic mass is 16.6. The van der Waals surface area contributed by atoms with Crippen LogP contribution in [-0.2, 0) is 9.59 Å². The van der Waals surface area contributed by atoms with E-state index in [0.717, 1.165) is 13.0 Å². The van der Waals surface area contributed by atoms with Gasteiger partial charge in [-0.25, -0.2) is 0 Å². The maximum absolute atomic E-state index is 12.9. The summed E-state index contributed by atoms with van der Waals surface area (Å²) >= 11 is 0. The number of fused-ring (bicyclic) bond motifs is 1. The average Bonchev–Trinajstić information content (AvgIpc) is 2.67. The van der Waals surface area contributed by atoms with E-state index in [1.54, 1.807) is 12.1 Å². The molecule has 0 bridgehead atoms. The van der Waals surface area contributed by atoms with Crippen LogP contribution >= 0.6 is 0 Å². The highest BCUT2D eigenvalue weighted by molar-refractivity contribution is 6.16. The molecule has 0 saturated carbocycles. The monoisotopic (exact) mass is 414 g/mol. The van der Waals surface area contributed by atoms with Crippen LogP contribution in [0.4, 0.5) is 0 Å². The number of methoxy groups -OCH3 is 1. The zero-order valence-electron chi connectivity index (χ0n) is 16.3. The van der Waals surface area contributed by atoms with E-state index in [2.05, 4.69) is 0 Å². The first-order valence-electron chi connectivity index (χ1n) is 8.73. The van der Waals surface area contributed by atoms with Crippen LogP contribution in [0, 0.1) is 0 Å². The van der Waals surface area contributed by atoms with Crippen molar-refractivity contribution in [3.63, 3.8) is 0 Å². The number of hydrogen-bond acceptors (Lipinski definition) is 9. The van der Waals surface area contributed by atoms with Gasteiger partial charge < -0.3 is 29.2 Å². The molecular formula is C21H18O9. The van der Waals surface area contributed by atoms with Gasteiger partial charge in [-0.2, -0.15) is 0 Å². The molecule has 156 valence electrons. The molecule has 9 nitrogen and oxygen atoms in total. The van der Waals surface area contributed by atoms with Gasteiger partial charge in [0.2, 0.25) is 5.75 Å². The highest BCUT2D eigenvalue weighted by Gasteiger charge is 2.31. The van der Waals surface area contributed by atoms with Gasteiger partial charge in [-0.05, 0) is 23.8 Å². The van der Waals surface area contributed by atoms with Gasteiger partial charge in [0, 0.05) is 25.5 Å².